The molecule has 0 aliphatic carbocycles. The van der Waals surface area contributed by atoms with Gasteiger partial charge in [0.05, 0.1) is 11.3 Å². The summed E-state index contributed by atoms with van der Waals surface area (Å²) < 4.78 is 55.2. The highest BCUT2D eigenvalue weighted by molar-refractivity contribution is 8.00. The van der Waals surface area contributed by atoms with Crippen LogP contribution in [-0.2, 0) is 9.53 Å². The molecule has 0 saturated heterocycles. The van der Waals surface area contributed by atoms with E-state index in [4.69, 9.17) is 4.74 Å². The minimum Gasteiger partial charge on any atom is -0.449 e. The summed E-state index contributed by atoms with van der Waals surface area (Å²) in [4.78, 5) is 23.8. The van der Waals surface area contributed by atoms with Crippen molar-refractivity contribution in [2.24, 2.45) is 0 Å². The Bertz CT molecular complexity index is 793. The van der Waals surface area contributed by atoms with Crippen molar-refractivity contribution in [1.82, 2.24) is 0 Å². The first-order chi connectivity index (χ1) is 12.2. The Morgan fingerprint density at radius 2 is 1.69 bits per heavy atom. The van der Waals surface area contributed by atoms with Gasteiger partial charge in [0.25, 0.3) is 5.91 Å². The summed E-state index contributed by atoms with van der Waals surface area (Å²) in [6, 6.07) is 10.1. The van der Waals surface area contributed by atoms with Gasteiger partial charge in [0.1, 0.15) is 5.82 Å². The summed E-state index contributed by atoms with van der Waals surface area (Å²) in [5.41, 5.74) is -4.50. The molecule has 0 aliphatic heterocycles. The number of hydrogen-bond acceptors (Lipinski definition) is 4. The molecule has 138 valence electrons. The van der Waals surface area contributed by atoms with Crippen LogP contribution >= 0.6 is 11.8 Å². The number of carbonyl (C=O) groups excluding carboxylic acids is 2. The molecule has 9 heteroatoms. The van der Waals surface area contributed by atoms with Crippen LogP contribution in [0.4, 0.5) is 23.2 Å². The van der Waals surface area contributed by atoms with E-state index in [0.29, 0.717) is 0 Å². The van der Waals surface area contributed by atoms with Gasteiger partial charge in [-0.05, 0) is 55.1 Å². The maximum Gasteiger partial charge on any atom is 0.446 e. The lowest BCUT2D eigenvalue weighted by Crippen LogP contribution is -2.30. The third-order valence-electron chi connectivity index (χ3n) is 3.11. The highest BCUT2D eigenvalue weighted by atomic mass is 32.2. The normalized spacial score (nSPS) is 12.3. The SMILES string of the molecule is C[C@H](OC(=O)c1ccc(SC(F)(F)F)cc1)C(=O)Nc1ccccc1F. The van der Waals surface area contributed by atoms with Crippen LogP contribution in [0, 0.1) is 5.82 Å². The molecule has 2 aromatic carbocycles. The number of rotatable bonds is 5. The number of thioether (sulfide) groups is 1. The smallest absolute Gasteiger partial charge is 0.446 e. The first-order valence-electron chi connectivity index (χ1n) is 7.28. The Hall–Kier alpha value is -2.55. The predicted octanol–water partition coefficient (Wildman–Crippen LogP) is 4.62. The minimum atomic E-state index is -4.43. The molecule has 26 heavy (non-hydrogen) atoms. The predicted molar refractivity (Wildman–Crippen MR) is 88.3 cm³/mol. The van der Waals surface area contributed by atoms with E-state index in [1.807, 2.05) is 0 Å². The molecule has 0 spiro atoms. The van der Waals surface area contributed by atoms with Crippen molar-refractivity contribution in [3.05, 3.63) is 59.9 Å². The lowest BCUT2D eigenvalue weighted by atomic mass is 10.2. The molecule has 0 fully saturated rings. The van der Waals surface area contributed by atoms with E-state index in [-0.39, 0.29) is 27.9 Å². The zero-order chi connectivity index (χ0) is 19.3. The first kappa shape index (κ1) is 19.8. The number of nitrogens with one attached hydrogen (secondary N) is 1. The Balaban J connectivity index is 1.96. The maximum atomic E-state index is 13.5. The number of halogens is 4. The quantitative estimate of drug-likeness (QED) is 0.462. The number of alkyl halides is 3. The molecule has 1 N–H and O–H groups in total. The molecule has 2 aromatic rings. The fraction of sp³-hybridized carbons (Fsp3) is 0.176. The van der Waals surface area contributed by atoms with Crippen LogP contribution < -0.4 is 5.32 Å². The first-order valence-corrected chi connectivity index (χ1v) is 8.09. The Morgan fingerprint density at radius 1 is 1.08 bits per heavy atom. The number of esters is 1. The highest BCUT2D eigenvalue weighted by Crippen LogP contribution is 2.36. The van der Waals surface area contributed by atoms with Gasteiger partial charge >= 0.3 is 11.5 Å². The van der Waals surface area contributed by atoms with Crippen molar-refractivity contribution in [1.29, 1.82) is 0 Å². The van der Waals surface area contributed by atoms with Gasteiger partial charge in [-0.2, -0.15) is 13.2 Å². The van der Waals surface area contributed by atoms with Crippen LogP contribution in [0.15, 0.2) is 53.4 Å². The van der Waals surface area contributed by atoms with Gasteiger partial charge in [0, 0.05) is 4.90 Å². The van der Waals surface area contributed by atoms with Crippen molar-refractivity contribution in [3.63, 3.8) is 0 Å². The van der Waals surface area contributed by atoms with Gasteiger partial charge in [-0.3, -0.25) is 4.79 Å². The highest BCUT2D eigenvalue weighted by Gasteiger charge is 2.29. The largest absolute Gasteiger partial charge is 0.449 e. The van der Waals surface area contributed by atoms with E-state index >= 15 is 0 Å². The van der Waals surface area contributed by atoms with Crippen LogP contribution in [0.1, 0.15) is 17.3 Å². The molecule has 0 bridgehead atoms. The Labute approximate surface area is 150 Å². The Morgan fingerprint density at radius 3 is 2.27 bits per heavy atom. The lowest BCUT2D eigenvalue weighted by molar-refractivity contribution is -0.123. The topological polar surface area (TPSA) is 55.4 Å². The summed E-state index contributed by atoms with van der Waals surface area (Å²) in [7, 11) is 0. The van der Waals surface area contributed by atoms with Crippen molar-refractivity contribution >= 4 is 29.3 Å². The maximum absolute atomic E-state index is 13.5. The fourth-order valence-electron chi connectivity index (χ4n) is 1.87. The number of hydrogen-bond donors (Lipinski definition) is 1. The summed E-state index contributed by atoms with van der Waals surface area (Å²) in [5, 5.41) is 2.28. The summed E-state index contributed by atoms with van der Waals surface area (Å²) in [6.07, 6.45) is -1.23. The standard InChI is InChI=1S/C17H13F4NO3S/c1-10(15(23)22-14-5-3-2-4-13(14)18)25-16(24)11-6-8-12(9-7-11)26-17(19,20)21/h2-10H,1H3,(H,22,23)/t10-/m0/s1. The molecule has 0 radical (unpaired) electrons. The fourth-order valence-corrected chi connectivity index (χ4v) is 2.41. The van der Waals surface area contributed by atoms with Crippen molar-refractivity contribution in [2.75, 3.05) is 5.32 Å². The number of para-hydroxylation sites is 1. The van der Waals surface area contributed by atoms with E-state index in [9.17, 15) is 27.2 Å². The van der Waals surface area contributed by atoms with Crippen LogP contribution in [0.5, 0.6) is 0 Å². The second-order valence-electron chi connectivity index (χ2n) is 5.09. The zero-order valence-corrected chi connectivity index (χ0v) is 14.2. The van der Waals surface area contributed by atoms with Crippen LogP contribution in [0.2, 0.25) is 0 Å². The van der Waals surface area contributed by atoms with Gasteiger partial charge < -0.3 is 10.1 Å². The van der Waals surface area contributed by atoms with Crippen LogP contribution in [0.25, 0.3) is 0 Å². The summed E-state index contributed by atoms with van der Waals surface area (Å²) in [6.45, 7) is 1.29. The molecule has 2 rings (SSSR count). The van der Waals surface area contributed by atoms with Crippen molar-refractivity contribution in [3.8, 4) is 0 Å². The van der Waals surface area contributed by atoms with Gasteiger partial charge in [0.15, 0.2) is 6.10 Å². The van der Waals surface area contributed by atoms with Crippen molar-refractivity contribution in [2.45, 2.75) is 23.4 Å². The number of amides is 1. The average Bonchev–Trinajstić information content (AvgIpc) is 2.56. The van der Waals surface area contributed by atoms with Crippen LogP contribution in [-0.4, -0.2) is 23.5 Å². The molecule has 1 atom stereocenters. The summed E-state index contributed by atoms with van der Waals surface area (Å²) in [5.74, 6) is -2.27. The molecule has 0 aliphatic rings. The molecule has 0 aromatic heterocycles. The third-order valence-corrected chi connectivity index (χ3v) is 3.85. The van der Waals surface area contributed by atoms with Gasteiger partial charge in [-0.25, -0.2) is 9.18 Å². The molecular formula is C17H13F4NO3S. The van der Waals surface area contributed by atoms with E-state index in [1.54, 1.807) is 0 Å². The minimum absolute atomic E-state index is 0.0120. The lowest BCUT2D eigenvalue weighted by Gasteiger charge is -2.14. The van der Waals surface area contributed by atoms with Crippen molar-refractivity contribution < 1.29 is 31.9 Å². The molecule has 0 heterocycles. The van der Waals surface area contributed by atoms with E-state index < -0.39 is 29.3 Å². The molecule has 0 saturated carbocycles. The molecular weight excluding hydrogens is 374 g/mol. The molecule has 4 nitrogen and oxygen atoms in total. The third kappa shape index (κ3) is 5.76. The summed E-state index contributed by atoms with van der Waals surface area (Å²) >= 11 is -0.309. The molecule has 1 amide bonds. The van der Waals surface area contributed by atoms with E-state index in [2.05, 4.69) is 5.32 Å². The van der Waals surface area contributed by atoms with Gasteiger partial charge in [-0.1, -0.05) is 12.1 Å². The number of carbonyl (C=O) groups is 2. The van der Waals surface area contributed by atoms with Gasteiger partial charge in [0.2, 0.25) is 0 Å². The van der Waals surface area contributed by atoms with E-state index in [1.165, 1.54) is 25.1 Å². The molecule has 0 unspecified atom stereocenters. The zero-order valence-electron chi connectivity index (χ0n) is 13.3. The number of benzene rings is 2. The number of anilines is 1. The average molecular weight is 387 g/mol. The van der Waals surface area contributed by atoms with Crippen LogP contribution in [0.3, 0.4) is 0 Å². The van der Waals surface area contributed by atoms with Gasteiger partial charge in [-0.15, -0.1) is 0 Å². The number of ether oxygens (including phenoxy) is 1. The second kappa shape index (κ2) is 8.22. The van der Waals surface area contributed by atoms with E-state index in [0.717, 1.165) is 30.3 Å². The monoisotopic (exact) mass is 387 g/mol. The Kier molecular flexibility index (Phi) is 6.25. The second-order valence-corrected chi connectivity index (χ2v) is 6.23.